The quantitative estimate of drug-likeness (QED) is 0.688. The maximum Gasteiger partial charge on any atom is 0.108 e. The van der Waals surface area contributed by atoms with Gasteiger partial charge in [0.2, 0.25) is 0 Å². The molecule has 0 amide bonds. The minimum atomic E-state index is 0.528. The maximum absolute atomic E-state index is 4.48. The molecule has 2 heterocycles. The summed E-state index contributed by atoms with van der Waals surface area (Å²) >= 11 is 0. The highest BCUT2D eigenvalue weighted by Gasteiger charge is 2.07. The highest BCUT2D eigenvalue weighted by Crippen LogP contribution is 2.25. The van der Waals surface area contributed by atoms with Crippen molar-refractivity contribution in [2.45, 2.75) is 26.7 Å². The number of pyridine rings is 1. The third-order valence-electron chi connectivity index (χ3n) is 3.13. The van der Waals surface area contributed by atoms with Crippen molar-refractivity contribution in [3.05, 3.63) is 35.8 Å². The summed E-state index contributed by atoms with van der Waals surface area (Å²) in [5, 5.41) is 1.15. The van der Waals surface area contributed by atoms with E-state index in [2.05, 4.69) is 47.0 Å². The van der Waals surface area contributed by atoms with E-state index >= 15 is 0 Å². The Morgan fingerprint density at radius 2 is 2.00 bits per heavy atom. The Morgan fingerprint density at radius 3 is 2.76 bits per heavy atom. The Bertz CT molecular complexity index is 695. The van der Waals surface area contributed by atoms with Gasteiger partial charge in [0.25, 0.3) is 0 Å². The van der Waals surface area contributed by atoms with Crippen molar-refractivity contribution < 1.29 is 0 Å². The van der Waals surface area contributed by atoms with E-state index in [-0.39, 0.29) is 0 Å². The summed E-state index contributed by atoms with van der Waals surface area (Å²) in [6, 6.07) is 6.47. The molecule has 1 aromatic carbocycles. The van der Waals surface area contributed by atoms with Crippen LogP contribution in [-0.4, -0.2) is 15.0 Å². The van der Waals surface area contributed by atoms with E-state index in [0.29, 0.717) is 5.92 Å². The van der Waals surface area contributed by atoms with Crippen LogP contribution in [0.1, 0.15) is 31.2 Å². The first-order chi connectivity index (χ1) is 8.15. The van der Waals surface area contributed by atoms with Gasteiger partial charge in [-0.25, -0.2) is 4.98 Å². The molecule has 0 saturated carbocycles. The molecule has 0 fully saturated rings. The molecular weight excluding hydrogens is 210 g/mol. The number of fused-ring (bicyclic) bond motifs is 3. The minimum absolute atomic E-state index is 0.528. The van der Waals surface area contributed by atoms with Crippen LogP contribution in [0.3, 0.4) is 0 Å². The summed E-state index contributed by atoms with van der Waals surface area (Å²) in [5.41, 5.74) is 4.38. The lowest BCUT2D eigenvalue weighted by atomic mass is 10.0. The van der Waals surface area contributed by atoms with Crippen LogP contribution in [0.2, 0.25) is 0 Å². The summed E-state index contributed by atoms with van der Waals surface area (Å²) in [5.74, 6) is 1.46. The monoisotopic (exact) mass is 225 g/mol. The molecule has 0 saturated heterocycles. The van der Waals surface area contributed by atoms with Crippen molar-refractivity contribution in [1.29, 1.82) is 0 Å². The van der Waals surface area contributed by atoms with Gasteiger partial charge in [-0.15, -0.1) is 0 Å². The van der Waals surface area contributed by atoms with E-state index in [1.54, 1.807) is 0 Å². The number of benzene rings is 1. The molecule has 1 N–H and O–H groups in total. The van der Waals surface area contributed by atoms with E-state index < -0.39 is 0 Å². The molecule has 3 heteroatoms. The van der Waals surface area contributed by atoms with Crippen molar-refractivity contribution in [3.63, 3.8) is 0 Å². The molecule has 0 bridgehead atoms. The van der Waals surface area contributed by atoms with Crippen molar-refractivity contribution in [3.8, 4) is 0 Å². The van der Waals surface area contributed by atoms with Gasteiger partial charge >= 0.3 is 0 Å². The minimum Gasteiger partial charge on any atom is -0.342 e. The molecule has 0 aliphatic heterocycles. The number of aromatic amines is 1. The lowest BCUT2D eigenvalue weighted by molar-refractivity contribution is 0.868. The predicted octanol–water partition coefficient (Wildman–Crippen LogP) is 3.54. The smallest absolute Gasteiger partial charge is 0.108 e. The van der Waals surface area contributed by atoms with Crippen molar-refractivity contribution in [2.75, 3.05) is 0 Å². The van der Waals surface area contributed by atoms with Crippen LogP contribution in [0.25, 0.3) is 21.9 Å². The van der Waals surface area contributed by atoms with Crippen LogP contribution in [0.15, 0.2) is 24.4 Å². The van der Waals surface area contributed by atoms with Crippen molar-refractivity contribution in [2.24, 2.45) is 0 Å². The summed E-state index contributed by atoms with van der Waals surface area (Å²) < 4.78 is 0. The van der Waals surface area contributed by atoms with Crippen molar-refractivity contribution >= 4 is 21.9 Å². The molecule has 3 nitrogen and oxygen atoms in total. The second-order valence-corrected chi connectivity index (χ2v) is 4.77. The topological polar surface area (TPSA) is 41.6 Å². The van der Waals surface area contributed by atoms with Crippen LogP contribution in [0, 0.1) is 6.92 Å². The van der Waals surface area contributed by atoms with Crippen LogP contribution in [-0.2, 0) is 0 Å². The molecule has 3 rings (SSSR count). The van der Waals surface area contributed by atoms with Gasteiger partial charge < -0.3 is 4.98 Å². The fourth-order valence-corrected chi connectivity index (χ4v) is 2.16. The first kappa shape index (κ1) is 10.3. The van der Waals surface area contributed by atoms with Crippen LogP contribution in [0.5, 0.6) is 0 Å². The molecule has 0 aliphatic rings. The number of hydrogen-bond acceptors (Lipinski definition) is 2. The van der Waals surface area contributed by atoms with E-state index in [1.165, 1.54) is 5.56 Å². The van der Waals surface area contributed by atoms with E-state index in [1.807, 2.05) is 13.1 Å². The fraction of sp³-hybridized carbons (Fsp3) is 0.286. The van der Waals surface area contributed by atoms with E-state index in [0.717, 1.165) is 27.8 Å². The zero-order chi connectivity index (χ0) is 12.0. The average molecular weight is 225 g/mol. The van der Waals surface area contributed by atoms with Crippen LogP contribution >= 0.6 is 0 Å². The summed E-state index contributed by atoms with van der Waals surface area (Å²) in [4.78, 5) is 12.2. The second kappa shape index (κ2) is 3.55. The lowest BCUT2D eigenvalue weighted by Crippen LogP contribution is -1.88. The van der Waals surface area contributed by atoms with Crippen molar-refractivity contribution in [1.82, 2.24) is 15.0 Å². The van der Waals surface area contributed by atoms with E-state index in [4.69, 9.17) is 0 Å². The number of aromatic nitrogens is 3. The molecule has 0 spiro atoms. The predicted molar refractivity (Wildman–Crippen MR) is 70.2 cm³/mol. The van der Waals surface area contributed by atoms with Gasteiger partial charge in [-0.05, 0) is 24.5 Å². The van der Waals surface area contributed by atoms with Crippen LogP contribution in [0.4, 0.5) is 0 Å². The number of imidazole rings is 1. The largest absolute Gasteiger partial charge is 0.342 e. The summed E-state index contributed by atoms with van der Waals surface area (Å²) in [6.07, 6.45) is 1.84. The third-order valence-corrected chi connectivity index (χ3v) is 3.13. The third kappa shape index (κ3) is 1.58. The Hall–Kier alpha value is -1.90. The van der Waals surface area contributed by atoms with Crippen LogP contribution < -0.4 is 0 Å². The second-order valence-electron chi connectivity index (χ2n) is 4.77. The molecule has 17 heavy (non-hydrogen) atoms. The van der Waals surface area contributed by atoms with Gasteiger partial charge in [-0.1, -0.05) is 26.0 Å². The molecule has 0 aliphatic carbocycles. The normalized spacial score (nSPS) is 11.8. The van der Waals surface area contributed by atoms with Gasteiger partial charge in [0, 0.05) is 5.39 Å². The number of hydrogen-bond donors (Lipinski definition) is 1. The number of aryl methyl sites for hydroxylation is 1. The van der Waals surface area contributed by atoms with Gasteiger partial charge in [-0.3, -0.25) is 4.98 Å². The highest BCUT2D eigenvalue weighted by atomic mass is 14.9. The Labute approximate surface area is 99.9 Å². The van der Waals surface area contributed by atoms with Gasteiger partial charge in [0.05, 0.1) is 17.2 Å². The SMILES string of the molecule is Cc1nc2cnc3cc(C(C)C)ccc3c2[nH]1. The molecule has 3 aromatic rings. The number of nitrogens with zero attached hydrogens (tertiary/aromatic N) is 2. The standard InChI is InChI=1S/C14H15N3/c1-8(2)10-4-5-11-12(6-10)15-7-13-14(11)17-9(3)16-13/h4-8H,1-3H3,(H,16,17). The number of H-pyrrole nitrogens is 1. The van der Waals surface area contributed by atoms with Gasteiger partial charge in [-0.2, -0.15) is 0 Å². The number of rotatable bonds is 1. The Kier molecular flexibility index (Phi) is 2.15. The first-order valence-corrected chi connectivity index (χ1v) is 5.90. The molecule has 0 atom stereocenters. The van der Waals surface area contributed by atoms with Gasteiger partial charge in [0.15, 0.2) is 0 Å². The Morgan fingerprint density at radius 1 is 1.18 bits per heavy atom. The Balaban J connectivity index is 2.36. The first-order valence-electron chi connectivity index (χ1n) is 5.90. The molecule has 2 aromatic heterocycles. The molecular formula is C14H15N3. The van der Waals surface area contributed by atoms with E-state index in [9.17, 15) is 0 Å². The zero-order valence-electron chi connectivity index (χ0n) is 10.3. The average Bonchev–Trinajstić information content (AvgIpc) is 2.69. The zero-order valence-corrected chi connectivity index (χ0v) is 10.3. The van der Waals surface area contributed by atoms with Gasteiger partial charge in [0.1, 0.15) is 11.3 Å². The highest BCUT2D eigenvalue weighted by molar-refractivity contribution is 6.01. The summed E-state index contributed by atoms with van der Waals surface area (Å²) in [6.45, 7) is 6.36. The molecule has 0 unspecified atom stereocenters. The number of nitrogens with one attached hydrogen (secondary N) is 1. The lowest BCUT2D eigenvalue weighted by Gasteiger charge is -2.06. The molecule has 86 valence electrons. The summed E-state index contributed by atoms with van der Waals surface area (Å²) in [7, 11) is 0. The maximum atomic E-state index is 4.48. The molecule has 0 radical (unpaired) electrons. The fourth-order valence-electron chi connectivity index (χ4n) is 2.16.